The van der Waals surface area contributed by atoms with Crippen LogP contribution < -0.4 is 10.2 Å². The fraction of sp³-hybridized carbons (Fsp3) is 0.474. The van der Waals surface area contributed by atoms with E-state index in [0.29, 0.717) is 42.7 Å². The molecule has 2 aromatic carbocycles. The molecule has 0 bridgehead atoms. The molecular weight excluding hydrogens is 620 g/mol. The maximum Gasteiger partial charge on any atom is 0.416 e. The summed E-state index contributed by atoms with van der Waals surface area (Å²) in [6, 6.07) is 20.2. The second kappa shape index (κ2) is 13.7. The SMILES string of the molecule is CC(C)(C)OC(=O)N1CC[C@H](CNc2cc(N(Cc3ccc(-c4ccccc4)cc3)C(=O)OC(C)(C)C)n3ncc(C4CC4)c3n2)[C@@H](O)C1. The van der Waals surface area contributed by atoms with Crippen LogP contribution in [0.3, 0.4) is 0 Å². The van der Waals surface area contributed by atoms with Crippen molar-refractivity contribution in [2.75, 3.05) is 29.9 Å². The molecule has 0 spiro atoms. The summed E-state index contributed by atoms with van der Waals surface area (Å²) in [5.41, 5.74) is 3.56. The number of aromatic nitrogens is 3. The summed E-state index contributed by atoms with van der Waals surface area (Å²) in [6.45, 7) is 12.4. The van der Waals surface area contributed by atoms with Crippen molar-refractivity contribution in [2.45, 2.75) is 90.6 Å². The highest BCUT2D eigenvalue weighted by atomic mass is 16.6. The van der Waals surface area contributed by atoms with Crippen LogP contribution in [-0.2, 0) is 16.0 Å². The van der Waals surface area contributed by atoms with Crippen molar-refractivity contribution in [3.63, 3.8) is 0 Å². The van der Waals surface area contributed by atoms with Crippen LogP contribution >= 0.6 is 0 Å². The van der Waals surface area contributed by atoms with Crippen molar-refractivity contribution in [3.05, 3.63) is 78.0 Å². The second-order valence-electron chi connectivity index (χ2n) is 15.2. The van der Waals surface area contributed by atoms with Crippen LogP contribution in [0.25, 0.3) is 16.8 Å². The van der Waals surface area contributed by atoms with Gasteiger partial charge in [0.15, 0.2) is 5.65 Å². The van der Waals surface area contributed by atoms with E-state index in [1.807, 2.05) is 84.1 Å². The lowest BCUT2D eigenvalue weighted by Crippen LogP contribution is -2.49. The largest absolute Gasteiger partial charge is 0.444 e. The lowest BCUT2D eigenvalue weighted by atomic mass is 9.94. The fourth-order valence-electron chi connectivity index (χ4n) is 6.05. The van der Waals surface area contributed by atoms with Crippen LogP contribution in [0.5, 0.6) is 0 Å². The summed E-state index contributed by atoms with van der Waals surface area (Å²) in [5, 5.41) is 19.2. The summed E-state index contributed by atoms with van der Waals surface area (Å²) in [7, 11) is 0. The lowest BCUT2D eigenvalue weighted by molar-refractivity contribution is -0.0104. The van der Waals surface area contributed by atoms with Crippen molar-refractivity contribution in [1.82, 2.24) is 19.5 Å². The van der Waals surface area contributed by atoms with Gasteiger partial charge in [0.25, 0.3) is 0 Å². The Morgan fingerprint density at radius 1 is 0.939 bits per heavy atom. The number of fused-ring (bicyclic) bond motifs is 1. The fourth-order valence-corrected chi connectivity index (χ4v) is 6.05. The molecule has 2 fully saturated rings. The van der Waals surface area contributed by atoms with Gasteiger partial charge in [0, 0.05) is 30.6 Å². The first kappa shape index (κ1) is 34.2. The van der Waals surface area contributed by atoms with Crippen LogP contribution in [0.15, 0.2) is 66.9 Å². The molecule has 2 aromatic heterocycles. The Balaban J connectivity index is 1.27. The minimum atomic E-state index is -0.730. The Hall–Kier alpha value is -4.64. The number of nitrogens with zero attached hydrogens (tertiary/aromatic N) is 5. The van der Waals surface area contributed by atoms with Gasteiger partial charge in [-0.05, 0) is 83.4 Å². The average Bonchev–Trinajstić information content (AvgIpc) is 3.80. The third kappa shape index (κ3) is 8.51. The van der Waals surface area contributed by atoms with Crippen molar-refractivity contribution in [2.24, 2.45) is 5.92 Å². The zero-order valence-corrected chi connectivity index (χ0v) is 29.3. The highest BCUT2D eigenvalue weighted by Crippen LogP contribution is 2.42. The van der Waals surface area contributed by atoms with E-state index < -0.39 is 29.5 Å². The molecule has 2 atom stereocenters. The molecule has 260 valence electrons. The summed E-state index contributed by atoms with van der Waals surface area (Å²) in [6.07, 6.45) is 2.96. The van der Waals surface area contributed by atoms with Crippen molar-refractivity contribution < 1.29 is 24.2 Å². The normalized spacial score (nSPS) is 18.3. The smallest absolute Gasteiger partial charge is 0.416 e. The maximum absolute atomic E-state index is 13.9. The number of carbonyl (C=O) groups is 2. The number of aliphatic hydroxyl groups is 1. The van der Waals surface area contributed by atoms with Crippen molar-refractivity contribution in [3.8, 4) is 11.1 Å². The van der Waals surface area contributed by atoms with Gasteiger partial charge in [0.2, 0.25) is 0 Å². The van der Waals surface area contributed by atoms with Crippen LogP contribution in [0, 0.1) is 5.92 Å². The Morgan fingerprint density at radius 2 is 1.61 bits per heavy atom. The van der Waals surface area contributed by atoms with Gasteiger partial charge < -0.3 is 24.8 Å². The van der Waals surface area contributed by atoms with Crippen LogP contribution in [-0.4, -0.2) is 73.7 Å². The predicted molar refractivity (Wildman–Crippen MR) is 190 cm³/mol. The van der Waals surface area contributed by atoms with E-state index in [2.05, 4.69) is 29.6 Å². The highest BCUT2D eigenvalue weighted by Gasteiger charge is 2.34. The lowest BCUT2D eigenvalue weighted by Gasteiger charge is -2.36. The van der Waals surface area contributed by atoms with Crippen LogP contribution in [0.4, 0.5) is 21.2 Å². The number of hydrogen-bond donors (Lipinski definition) is 2. The molecule has 1 aliphatic heterocycles. The van der Waals surface area contributed by atoms with Crippen LogP contribution in [0.2, 0.25) is 0 Å². The first-order valence-electron chi connectivity index (χ1n) is 17.2. The summed E-state index contributed by atoms with van der Waals surface area (Å²) >= 11 is 0. The van der Waals surface area contributed by atoms with Gasteiger partial charge in [-0.3, -0.25) is 4.90 Å². The highest BCUT2D eigenvalue weighted by molar-refractivity contribution is 5.88. The molecule has 11 heteroatoms. The number of hydrogen-bond acceptors (Lipinski definition) is 8. The van der Waals surface area contributed by atoms with Gasteiger partial charge in [-0.1, -0.05) is 54.6 Å². The number of ether oxygens (including phenoxy) is 2. The van der Waals surface area contributed by atoms with Gasteiger partial charge in [0.05, 0.1) is 25.4 Å². The van der Waals surface area contributed by atoms with Crippen molar-refractivity contribution in [1.29, 1.82) is 0 Å². The van der Waals surface area contributed by atoms with E-state index >= 15 is 0 Å². The quantitative estimate of drug-likeness (QED) is 0.202. The van der Waals surface area contributed by atoms with E-state index in [1.165, 1.54) is 0 Å². The Kier molecular flexibility index (Phi) is 9.57. The molecule has 11 nitrogen and oxygen atoms in total. The summed E-state index contributed by atoms with van der Waals surface area (Å²) < 4.78 is 13.2. The number of amides is 2. The topological polar surface area (TPSA) is 122 Å². The standard InChI is InChI=1S/C38H48N6O5/c1-37(2,3)48-35(46)42-19-18-29(31(45)24-42)21-39-32-20-33(44-34(41-32)30(22-40-44)28-16-17-28)43(36(47)49-38(4,5)6)23-25-12-14-27(15-13-25)26-10-8-7-9-11-26/h7-15,20,22,28-29,31,45H,16-19,21,23-24H2,1-6H3,(H,39,41)/t29-,31+/m1/s1. The molecular formula is C38H48N6O5. The Morgan fingerprint density at radius 3 is 2.24 bits per heavy atom. The van der Waals surface area contributed by atoms with Gasteiger partial charge in [-0.25, -0.2) is 14.6 Å². The molecule has 1 saturated carbocycles. The maximum atomic E-state index is 13.9. The van der Waals surface area contributed by atoms with Crippen molar-refractivity contribution >= 4 is 29.5 Å². The molecule has 0 unspecified atom stereocenters. The van der Waals surface area contributed by atoms with Crippen LogP contribution in [0.1, 0.15) is 77.8 Å². The Bertz CT molecular complexity index is 1770. The molecule has 0 radical (unpaired) electrons. The third-order valence-electron chi connectivity index (χ3n) is 8.71. The number of likely N-dealkylation sites (tertiary alicyclic amines) is 1. The van der Waals surface area contributed by atoms with Gasteiger partial charge in [0.1, 0.15) is 22.8 Å². The third-order valence-corrected chi connectivity index (χ3v) is 8.71. The molecule has 2 aliphatic rings. The monoisotopic (exact) mass is 668 g/mol. The van der Waals surface area contributed by atoms with E-state index in [4.69, 9.17) is 19.6 Å². The zero-order valence-electron chi connectivity index (χ0n) is 29.3. The van der Waals surface area contributed by atoms with E-state index in [1.54, 1.807) is 14.3 Å². The van der Waals surface area contributed by atoms with E-state index in [-0.39, 0.29) is 19.0 Å². The number of piperidine rings is 1. The Labute approximate surface area is 288 Å². The van der Waals surface area contributed by atoms with E-state index in [9.17, 15) is 14.7 Å². The van der Waals surface area contributed by atoms with Gasteiger partial charge in [-0.2, -0.15) is 9.61 Å². The molecule has 49 heavy (non-hydrogen) atoms. The number of benzene rings is 2. The minimum Gasteiger partial charge on any atom is -0.444 e. The predicted octanol–water partition coefficient (Wildman–Crippen LogP) is 7.25. The molecule has 3 heterocycles. The van der Waals surface area contributed by atoms with Gasteiger partial charge in [-0.15, -0.1) is 0 Å². The van der Waals surface area contributed by atoms with Gasteiger partial charge >= 0.3 is 12.2 Å². The number of β-amino-alcohol motifs (C(OH)–C–C–N with tert-alkyl or cyclic N) is 1. The molecule has 4 aromatic rings. The number of aliphatic hydroxyl groups excluding tert-OH is 1. The van der Waals surface area contributed by atoms with E-state index in [0.717, 1.165) is 35.1 Å². The minimum absolute atomic E-state index is 0.113. The first-order chi connectivity index (χ1) is 23.2. The summed E-state index contributed by atoms with van der Waals surface area (Å²) in [4.78, 5) is 34.7. The average molecular weight is 669 g/mol. The molecule has 2 amide bonds. The molecule has 1 aliphatic carbocycles. The molecule has 6 rings (SSSR count). The number of anilines is 2. The molecule has 1 saturated heterocycles. The number of rotatable bonds is 8. The second-order valence-corrected chi connectivity index (χ2v) is 15.2. The number of nitrogens with one attached hydrogen (secondary N) is 1. The zero-order chi connectivity index (χ0) is 34.9. The number of carbonyl (C=O) groups excluding carboxylic acids is 2. The molecule has 2 N–H and O–H groups in total. The summed E-state index contributed by atoms with van der Waals surface area (Å²) in [5.74, 6) is 1.37. The first-order valence-corrected chi connectivity index (χ1v) is 17.2.